The number of rotatable bonds is 10. The third-order valence-electron chi connectivity index (χ3n) is 11.6. The molecule has 0 aliphatic carbocycles. The van der Waals surface area contributed by atoms with E-state index in [-0.39, 0.29) is 43.1 Å². The summed E-state index contributed by atoms with van der Waals surface area (Å²) in [5, 5.41) is 35.8. The maximum absolute atomic E-state index is 14.2. The van der Waals surface area contributed by atoms with Gasteiger partial charge < -0.3 is 54.0 Å². The Labute approximate surface area is 321 Å². The number of benzene rings is 1. The van der Waals surface area contributed by atoms with Gasteiger partial charge in [0.1, 0.15) is 35.4 Å². The number of hydrogen-bond acceptors (Lipinski definition) is 13. The summed E-state index contributed by atoms with van der Waals surface area (Å²) in [6, 6.07) is 6.31. The van der Waals surface area contributed by atoms with E-state index in [1.807, 2.05) is 25.9 Å². The predicted octanol–water partition coefficient (Wildman–Crippen LogP) is 3.85. The molecule has 1 aromatic rings. The Hall–Kier alpha value is -2.85. The van der Waals surface area contributed by atoms with Crippen LogP contribution in [0.25, 0.3) is 0 Å². The highest BCUT2D eigenvalue weighted by Gasteiger charge is 2.53. The smallest absolute Gasteiger partial charge is 0.407 e. The van der Waals surface area contributed by atoms with Crippen LogP contribution in [0.1, 0.15) is 80.2 Å². The largest absolute Gasteiger partial charge is 0.508 e. The maximum atomic E-state index is 14.2. The lowest BCUT2D eigenvalue weighted by atomic mass is 9.73. The molecule has 1 amide bonds. The molecule has 0 saturated carbocycles. The molecule has 2 heterocycles. The van der Waals surface area contributed by atoms with Gasteiger partial charge in [-0.25, -0.2) is 4.79 Å². The van der Waals surface area contributed by atoms with E-state index in [0.717, 1.165) is 5.56 Å². The fourth-order valence-electron chi connectivity index (χ4n) is 8.35. The molecule has 3 rings (SSSR count). The number of aromatic hydroxyl groups is 1. The number of phenolic OH excluding ortho intramolecular Hbond substituents is 1. The van der Waals surface area contributed by atoms with Crippen molar-refractivity contribution in [2.75, 3.05) is 34.9 Å². The van der Waals surface area contributed by atoms with Crippen molar-refractivity contribution in [2.24, 2.45) is 23.7 Å². The summed E-state index contributed by atoms with van der Waals surface area (Å²) in [7, 11) is 6.63. The summed E-state index contributed by atoms with van der Waals surface area (Å²) in [4.78, 5) is 43.7. The number of methoxy groups -OCH3 is 2. The highest BCUT2D eigenvalue weighted by Crippen LogP contribution is 2.40. The number of amides is 1. The van der Waals surface area contributed by atoms with Crippen molar-refractivity contribution in [2.45, 2.75) is 141 Å². The molecule has 0 bridgehead atoms. The van der Waals surface area contributed by atoms with Crippen LogP contribution in [0.2, 0.25) is 0 Å². The lowest BCUT2D eigenvalue weighted by Crippen LogP contribution is -2.61. The van der Waals surface area contributed by atoms with Crippen molar-refractivity contribution in [1.82, 2.24) is 10.2 Å². The molecule has 0 radical (unpaired) electrons. The van der Waals surface area contributed by atoms with Crippen molar-refractivity contribution in [1.29, 1.82) is 0 Å². The van der Waals surface area contributed by atoms with E-state index >= 15 is 0 Å². The van der Waals surface area contributed by atoms with Gasteiger partial charge >= 0.3 is 12.1 Å². The van der Waals surface area contributed by atoms with Gasteiger partial charge in [0.25, 0.3) is 0 Å². The van der Waals surface area contributed by atoms with Crippen LogP contribution in [0.3, 0.4) is 0 Å². The van der Waals surface area contributed by atoms with Crippen molar-refractivity contribution in [3.8, 4) is 5.75 Å². The van der Waals surface area contributed by atoms with E-state index in [4.69, 9.17) is 28.4 Å². The molecule has 2 saturated heterocycles. The monoisotopic (exact) mass is 766 g/mol. The van der Waals surface area contributed by atoms with Gasteiger partial charge in [0, 0.05) is 44.6 Å². The number of alkyl carbamates (subject to hydrolysis) is 1. The molecule has 2 aliphatic heterocycles. The number of phenols is 1. The first-order valence-electron chi connectivity index (χ1n) is 19.1. The second kappa shape index (κ2) is 19.3. The van der Waals surface area contributed by atoms with E-state index < -0.39 is 83.7 Å². The maximum Gasteiger partial charge on any atom is 0.407 e. The number of nitrogens with zero attached hydrogens (tertiary/aromatic N) is 1. The Balaban J connectivity index is 2.13. The average Bonchev–Trinajstić information content (AvgIpc) is 3.12. The minimum atomic E-state index is -1.77. The Morgan fingerprint density at radius 2 is 1.65 bits per heavy atom. The van der Waals surface area contributed by atoms with Crippen LogP contribution in [-0.2, 0) is 44.4 Å². The standard InChI is InChI=1S/C40H66N2O12/c1-13-30-40(8,48)35(49-11)24(4)31(44)22(2)21-39(7,50-12)34(54-37-32(45)29(42(9)10)20-23(3)51-37)25(5)33(26(6)36(46)52-30)53-38(47)41-19-18-27-14-16-28(43)17-15-27/h14-17,22-26,29-30,32-35,37,43,45,48H,13,18-21H2,1-12H3,(H,41,47)/t22-,23-,24-,25+,26-,29+,30-,32-,33+,34-,35-,37+,39-,40-/m1/s1. The van der Waals surface area contributed by atoms with Crippen molar-refractivity contribution in [3.05, 3.63) is 29.8 Å². The third-order valence-corrected chi connectivity index (χ3v) is 11.6. The number of aliphatic hydroxyl groups excluding tert-OH is 1. The molecule has 2 aliphatic rings. The zero-order valence-electron chi connectivity index (χ0n) is 34.2. The fraction of sp³-hybridized carbons (Fsp3) is 0.775. The van der Waals surface area contributed by atoms with E-state index in [1.54, 1.807) is 65.8 Å². The first-order valence-corrected chi connectivity index (χ1v) is 19.1. The minimum Gasteiger partial charge on any atom is -0.508 e. The molecular weight excluding hydrogens is 700 g/mol. The predicted molar refractivity (Wildman–Crippen MR) is 201 cm³/mol. The number of cyclic esters (lactones) is 1. The normalized spacial score (nSPS) is 38.7. The van der Waals surface area contributed by atoms with Crippen LogP contribution in [0.5, 0.6) is 5.75 Å². The summed E-state index contributed by atoms with van der Waals surface area (Å²) >= 11 is 0. The van der Waals surface area contributed by atoms with Crippen LogP contribution >= 0.6 is 0 Å². The quantitative estimate of drug-likeness (QED) is 0.252. The second-order valence-corrected chi connectivity index (χ2v) is 16.0. The highest BCUT2D eigenvalue weighted by molar-refractivity contribution is 5.83. The second-order valence-electron chi connectivity index (χ2n) is 16.0. The van der Waals surface area contributed by atoms with Crippen LogP contribution in [0.4, 0.5) is 4.79 Å². The molecule has 0 aromatic heterocycles. The molecule has 1 aromatic carbocycles. The van der Waals surface area contributed by atoms with Gasteiger partial charge in [-0.3, -0.25) is 9.59 Å². The number of likely N-dealkylation sites (N-methyl/N-ethyl adjacent to an activating group) is 1. The summed E-state index contributed by atoms with van der Waals surface area (Å²) in [6.07, 6.45) is -6.27. The molecular formula is C40H66N2O12. The SMILES string of the molecule is CC[C@H]1OC(=O)[C@H](C)[C@@H](OC(=O)NCCc2ccc(O)cc2)[C@H](C)[C@@H](O[C@@H]2O[C@H](C)C[C@H](N(C)C)[C@H]2O)[C@](C)(OC)C[C@@H](C)C(=O)[C@@H](C)[C@@H](OC)[C@]1(C)O. The van der Waals surface area contributed by atoms with Crippen LogP contribution in [-0.4, -0.2) is 133 Å². The molecule has 54 heavy (non-hydrogen) atoms. The molecule has 0 unspecified atom stereocenters. The van der Waals surface area contributed by atoms with Gasteiger partial charge in [-0.15, -0.1) is 0 Å². The van der Waals surface area contributed by atoms with Gasteiger partial charge in [-0.1, -0.05) is 39.8 Å². The topological polar surface area (TPSA) is 183 Å². The van der Waals surface area contributed by atoms with E-state index in [0.29, 0.717) is 12.8 Å². The third kappa shape index (κ3) is 10.7. The lowest BCUT2D eigenvalue weighted by molar-refractivity contribution is -0.301. The number of hydrogen-bond donors (Lipinski definition) is 4. The Morgan fingerprint density at radius 3 is 2.20 bits per heavy atom. The van der Waals surface area contributed by atoms with E-state index in [1.165, 1.54) is 21.1 Å². The van der Waals surface area contributed by atoms with Gasteiger partial charge in [0.05, 0.1) is 29.8 Å². The fourth-order valence-corrected chi connectivity index (χ4v) is 8.35. The molecule has 14 atom stereocenters. The van der Waals surface area contributed by atoms with Crippen LogP contribution in [0, 0.1) is 23.7 Å². The molecule has 0 spiro atoms. The number of aliphatic hydroxyl groups is 2. The number of Topliss-reactive ketones (excluding diaryl/α,β-unsaturated/α-hetero) is 1. The van der Waals surface area contributed by atoms with Gasteiger partial charge in [-0.05, 0) is 85.2 Å². The molecule has 14 nitrogen and oxygen atoms in total. The zero-order chi connectivity index (χ0) is 40.7. The van der Waals surface area contributed by atoms with E-state index in [9.17, 15) is 29.7 Å². The van der Waals surface area contributed by atoms with Crippen molar-refractivity contribution >= 4 is 17.8 Å². The Bertz CT molecular complexity index is 1370. The van der Waals surface area contributed by atoms with Gasteiger partial charge in [-0.2, -0.15) is 0 Å². The number of carbonyl (C=O) groups excluding carboxylic acids is 3. The molecule has 14 heteroatoms. The lowest BCUT2D eigenvalue weighted by Gasteiger charge is -2.48. The average molecular weight is 767 g/mol. The first kappa shape index (κ1) is 45.5. The number of esters is 1. The zero-order valence-corrected chi connectivity index (χ0v) is 34.2. The van der Waals surface area contributed by atoms with Gasteiger partial charge in [0.2, 0.25) is 0 Å². The number of nitrogens with one attached hydrogen (secondary N) is 1. The van der Waals surface area contributed by atoms with Gasteiger partial charge in [0.15, 0.2) is 6.29 Å². The van der Waals surface area contributed by atoms with Crippen LogP contribution in [0.15, 0.2) is 24.3 Å². The summed E-state index contributed by atoms with van der Waals surface area (Å²) in [6.45, 7) is 13.9. The molecule has 4 N–H and O–H groups in total. The first-order chi connectivity index (χ1) is 25.2. The summed E-state index contributed by atoms with van der Waals surface area (Å²) < 4.78 is 37.0. The molecule has 2 fully saturated rings. The van der Waals surface area contributed by atoms with Crippen molar-refractivity contribution in [3.63, 3.8) is 0 Å². The minimum absolute atomic E-state index is 0.122. The Kier molecular flexibility index (Phi) is 16.3. The van der Waals surface area contributed by atoms with E-state index in [2.05, 4.69) is 5.32 Å². The number of ether oxygens (including phenoxy) is 6. The van der Waals surface area contributed by atoms with Crippen LogP contribution < -0.4 is 5.32 Å². The molecule has 308 valence electrons. The summed E-state index contributed by atoms with van der Waals surface area (Å²) in [5.74, 6) is -4.19. The number of ketones is 1. The van der Waals surface area contributed by atoms with Crippen molar-refractivity contribution < 1.29 is 58.1 Å². The Morgan fingerprint density at radius 1 is 1.02 bits per heavy atom. The number of carbonyl (C=O) groups is 3. The summed E-state index contributed by atoms with van der Waals surface area (Å²) in [5.41, 5.74) is -2.16. The highest BCUT2D eigenvalue weighted by atomic mass is 16.7.